The van der Waals surface area contributed by atoms with Crippen molar-refractivity contribution in [2.24, 2.45) is 22.7 Å². The van der Waals surface area contributed by atoms with E-state index in [1.165, 1.54) is 26.0 Å². The molecule has 19 nitrogen and oxygen atoms in total. The van der Waals surface area contributed by atoms with E-state index in [1.54, 1.807) is 59.7 Å². The number of benzene rings is 1. The van der Waals surface area contributed by atoms with Crippen LogP contribution in [0.5, 0.6) is 0 Å². The molecular weight excluding hydrogens is 865 g/mol. The molecule has 1 aliphatic heterocycles. The molecule has 366 valence electrons. The van der Waals surface area contributed by atoms with Crippen LogP contribution in [0.1, 0.15) is 104 Å². The summed E-state index contributed by atoms with van der Waals surface area (Å²) in [7, 11) is 0. The van der Waals surface area contributed by atoms with Crippen LogP contribution in [0.4, 0.5) is 4.79 Å². The smallest absolute Gasteiger partial charge is 0.407 e. The zero-order chi connectivity index (χ0) is 48.8. The summed E-state index contributed by atoms with van der Waals surface area (Å²) >= 11 is 0. The topological polar surface area (TPSA) is 269 Å². The van der Waals surface area contributed by atoms with Gasteiger partial charge in [0, 0.05) is 43.1 Å². The standard InChI is InChI=1S/C47H66N2O17/c1-9-61-34(52)18-14-11-15-19-48-33(51)24-60-25-35(53)63-31(22-49-43(58)66-44(3,4)5)42(57)64-30-21-47(59)40(65-41(56)27-16-12-10-13-17-27)37-28-23-62-29(28)20-32(50)46(37,8)39(55)38(54)36(26(30)2)45(47,6)7/h10,12-13,16-17,28-32,37-38,40,50,54,59H,9,11,14-15,18-25H2,1-8H3,(H,48,51)(H,49,58)/t28-,29-,30+,31-,32+,37+,38-,40+,46-,47-/m1/s1. The summed E-state index contributed by atoms with van der Waals surface area (Å²) in [6, 6.07) is 8.00. The van der Waals surface area contributed by atoms with E-state index in [1.807, 2.05) is 0 Å². The third-order valence-electron chi connectivity index (χ3n) is 13.3. The van der Waals surface area contributed by atoms with Gasteiger partial charge in [0.1, 0.15) is 42.7 Å². The molecule has 1 heterocycles. The van der Waals surface area contributed by atoms with E-state index in [0.717, 1.165) is 0 Å². The molecule has 1 aromatic carbocycles. The van der Waals surface area contributed by atoms with Crippen LogP contribution in [-0.2, 0) is 57.1 Å². The number of unbranched alkanes of at least 4 members (excludes halogenated alkanes) is 2. The average Bonchev–Trinajstić information content (AvgIpc) is 3.23. The summed E-state index contributed by atoms with van der Waals surface area (Å²) in [5.74, 6) is -6.36. The van der Waals surface area contributed by atoms with Gasteiger partial charge in [0.15, 0.2) is 5.78 Å². The van der Waals surface area contributed by atoms with Crippen molar-refractivity contribution in [2.75, 3.05) is 39.5 Å². The SMILES string of the molecule is CCOC(=O)CCCCCNC(=O)COCC(=O)O[C@H](CNC(=O)OC(C)(C)C)C(=O)O[C@H]1C[C@@]2(O)[C@@H](OC(=O)c3ccccc3)[C@@H]3[C@@H]4CO[C@@H]4C[C@H](O)[C@@]3(C)C(=O)[C@H](O)C(=C1C)C2(C)C. The molecule has 5 N–H and O–H groups in total. The van der Waals surface area contributed by atoms with Crippen molar-refractivity contribution in [2.45, 2.75) is 142 Å². The van der Waals surface area contributed by atoms with Gasteiger partial charge in [-0.3, -0.25) is 14.4 Å². The highest BCUT2D eigenvalue weighted by Gasteiger charge is 2.72. The van der Waals surface area contributed by atoms with Crippen LogP contribution in [0.2, 0.25) is 0 Å². The van der Waals surface area contributed by atoms with Crippen LogP contribution in [0.25, 0.3) is 0 Å². The molecule has 1 aromatic rings. The summed E-state index contributed by atoms with van der Waals surface area (Å²) in [4.78, 5) is 92.6. The van der Waals surface area contributed by atoms with Crippen molar-refractivity contribution in [3.63, 3.8) is 0 Å². The molecule has 2 amide bonds. The lowest BCUT2D eigenvalue weighted by Crippen LogP contribution is -2.75. The van der Waals surface area contributed by atoms with E-state index in [0.29, 0.717) is 32.4 Å². The van der Waals surface area contributed by atoms with Gasteiger partial charge in [0.05, 0.1) is 42.9 Å². The minimum Gasteiger partial charge on any atom is -0.466 e. The lowest BCUT2D eigenvalue weighted by molar-refractivity contribution is -0.277. The number of aliphatic hydroxyl groups excluding tert-OH is 2. The summed E-state index contributed by atoms with van der Waals surface area (Å²) in [6.45, 7) is 11.5. The number of Topliss-reactive ketones (excluding diaryl/α,β-unsaturated/α-hetero) is 1. The predicted molar refractivity (Wildman–Crippen MR) is 231 cm³/mol. The molecular formula is C47H66N2O17. The fraction of sp³-hybridized carbons (Fsp3) is 0.681. The summed E-state index contributed by atoms with van der Waals surface area (Å²) in [6.07, 6.45) is -7.93. The number of amides is 2. The number of fused-ring (bicyclic) bond motifs is 5. The van der Waals surface area contributed by atoms with Crippen molar-refractivity contribution < 1.29 is 82.0 Å². The number of nitrogens with one attached hydrogen (secondary N) is 2. The number of esters is 4. The first-order valence-corrected chi connectivity index (χ1v) is 22.5. The average molecular weight is 931 g/mol. The van der Waals surface area contributed by atoms with Gasteiger partial charge in [-0.05, 0) is 77.7 Å². The normalized spacial score (nSPS) is 29.3. The number of carbonyl (C=O) groups excluding carboxylic acids is 7. The third-order valence-corrected chi connectivity index (χ3v) is 13.3. The van der Waals surface area contributed by atoms with E-state index in [-0.39, 0.29) is 42.1 Å². The van der Waals surface area contributed by atoms with Crippen LogP contribution in [0.3, 0.4) is 0 Å². The Morgan fingerprint density at radius 2 is 1.64 bits per heavy atom. The van der Waals surface area contributed by atoms with Crippen molar-refractivity contribution in [3.8, 4) is 0 Å². The number of alkyl carbamates (subject to hydrolysis) is 1. The summed E-state index contributed by atoms with van der Waals surface area (Å²) in [5, 5.41) is 42.1. The Balaban J connectivity index is 1.38. The van der Waals surface area contributed by atoms with Crippen molar-refractivity contribution in [1.29, 1.82) is 0 Å². The Labute approximate surface area is 384 Å². The number of carbonyl (C=O) groups is 7. The van der Waals surface area contributed by atoms with Gasteiger partial charge in [-0.25, -0.2) is 19.2 Å². The Morgan fingerprint density at radius 3 is 2.27 bits per heavy atom. The zero-order valence-corrected chi connectivity index (χ0v) is 39.0. The number of ketones is 1. The predicted octanol–water partition coefficient (Wildman–Crippen LogP) is 2.64. The molecule has 10 atom stereocenters. The largest absolute Gasteiger partial charge is 0.466 e. The Kier molecular flexibility index (Phi) is 16.8. The van der Waals surface area contributed by atoms with E-state index in [4.69, 9.17) is 33.2 Å². The molecule has 2 saturated carbocycles. The Morgan fingerprint density at radius 1 is 0.939 bits per heavy atom. The van der Waals surface area contributed by atoms with Crippen molar-refractivity contribution in [3.05, 3.63) is 47.0 Å². The van der Waals surface area contributed by atoms with Crippen LogP contribution in [-0.4, -0.2) is 144 Å². The molecule has 0 unspecified atom stereocenters. The Hall–Kier alpha value is -4.95. The Bertz CT molecular complexity index is 2000. The molecule has 0 aromatic heterocycles. The highest BCUT2D eigenvalue weighted by atomic mass is 16.6. The summed E-state index contributed by atoms with van der Waals surface area (Å²) < 4.78 is 39.0. The zero-order valence-electron chi connectivity index (χ0n) is 39.0. The number of hydrogen-bond donors (Lipinski definition) is 5. The molecule has 4 aliphatic rings. The van der Waals surface area contributed by atoms with Crippen LogP contribution in [0.15, 0.2) is 41.5 Å². The maximum atomic E-state index is 14.8. The third kappa shape index (κ3) is 11.4. The number of ether oxygens (including phenoxy) is 7. The lowest BCUT2D eigenvalue weighted by atomic mass is 9.46. The van der Waals surface area contributed by atoms with E-state index in [9.17, 15) is 48.9 Å². The second kappa shape index (κ2) is 21.3. The molecule has 2 bridgehead atoms. The molecule has 0 spiro atoms. The van der Waals surface area contributed by atoms with Gasteiger partial charge >= 0.3 is 30.0 Å². The van der Waals surface area contributed by atoms with Crippen LogP contribution < -0.4 is 10.6 Å². The first-order valence-electron chi connectivity index (χ1n) is 22.5. The number of rotatable bonds is 18. The highest BCUT2D eigenvalue weighted by Crippen LogP contribution is 2.62. The second-order valence-corrected chi connectivity index (χ2v) is 19.1. The molecule has 66 heavy (non-hydrogen) atoms. The highest BCUT2D eigenvalue weighted by molar-refractivity contribution is 5.94. The first kappa shape index (κ1) is 52.0. The van der Waals surface area contributed by atoms with Crippen molar-refractivity contribution >= 4 is 41.7 Å². The van der Waals surface area contributed by atoms with Gasteiger partial charge < -0.3 is 59.1 Å². The van der Waals surface area contributed by atoms with Crippen LogP contribution >= 0.6 is 0 Å². The fourth-order valence-electron chi connectivity index (χ4n) is 9.70. The van der Waals surface area contributed by atoms with Crippen molar-refractivity contribution in [1.82, 2.24) is 10.6 Å². The first-order chi connectivity index (χ1) is 31.0. The van der Waals surface area contributed by atoms with E-state index in [2.05, 4.69) is 10.6 Å². The minimum absolute atomic E-state index is 0.0255. The quantitative estimate of drug-likeness (QED) is 0.0613. The number of aliphatic hydroxyl groups is 3. The van der Waals surface area contributed by atoms with Gasteiger partial charge in [0.2, 0.25) is 12.0 Å². The molecule has 5 rings (SSSR count). The fourth-order valence-corrected chi connectivity index (χ4v) is 9.70. The van der Waals surface area contributed by atoms with E-state index < -0.39 is 132 Å². The molecule has 19 heteroatoms. The molecule has 0 radical (unpaired) electrons. The summed E-state index contributed by atoms with van der Waals surface area (Å²) in [5.41, 5.74) is -6.15. The second-order valence-electron chi connectivity index (χ2n) is 19.1. The van der Waals surface area contributed by atoms with Crippen LogP contribution in [0, 0.1) is 22.7 Å². The maximum absolute atomic E-state index is 14.8. The molecule has 3 fully saturated rings. The number of hydrogen-bond acceptors (Lipinski definition) is 17. The maximum Gasteiger partial charge on any atom is 0.407 e. The lowest BCUT2D eigenvalue weighted by Gasteiger charge is -2.64. The monoisotopic (exact) mass is 930 g/mol. The van der Waals surface area contributed by atoms with Gasteiger partial charge in [-0.2, -0.15) is 0 Å². The minimum atomic E-state index is -2.21. The van der Waals surface area contributed by atoms with Gasteiger partial charge in [-0.1, -0.05) is 38.5 Å². The van der Waals surface area contributed by atoms with E-state index >= 15 is 0 Å². The van der Waals surface area contributed by atoms with Gasteiger partial charge in [-0.15, -0.1) is 0 Å². The molecule has 3 aliphatic carbocycles. The van der Waals surface area contributed by atoms with Gasteiger partial charge in [0.25, 0.3) is 0 Å². The molecule has 1 saturated heterocycles.